The topological polar surface area (TPSA) is 70.2 Å². The summed E-state index contributed by atoms with van der Waals surface area (Å²) < 4.78 is 0. The van der Waals surface area contributed by atoms with Crippen LogP contribution in [-0.4, -0.2) is 48.0 Å². The highest BCUT2D eigenvalue weighted by Crippen LogP contribution is 2.07. The molecular weight excluding hydrogens is 290 g/mol. The predicted molar refractivity (Wildman–Crippen MR) is 91.4 cm³/mol. The van der Waals surface area contributed by atoms with Crippen LogP contribution in [0.5, 0.6) is 0 Å². The Hall–Kier alpha value is -2.47. The standard InChI is InChI=1S/C17H23N5O/c1-13-20-15(11-16(21-13)18-9-10-22(2)3)17(23)19-12-14-7-5-4-6-8-14/h4-8,11H,9-10,12H2,1-3H3,(H,19,23)(H,18,20,21). The number of likely N-dealkylation sites (N-methyl/N-ethyl adjacent to an activating group) is 1. The van der Waals surface area contributed by atoms with Crippen molar-refractivity contribution in [2.75, 3.05) is 32.5 Å². The normalized spacial score (nSPS) is 10.6. The number of aromatic nitrogens is 2. The lowest BCUT2D eigenvalue weighted by atomic mass is 10.2. The zero-order valence-corrected chi connectivity index (χ0v) is 13.8. The van der Waals surface area contributed by atoms with Gasteiger partial charge in [0.15, 0.2) is 0 Å². The Morgan fingerprint density at radius 3 is 2.61 bits per heavy atom. The van der Waals surface area contributed by atoms with Gasteiger partial charge >= 0.3 is 0 Å². The van der Waals surface area contributed by atoms with Crippen LogP contribution in [0.25, 0.3) is 0 Å². The molecule has 0 saturated heterocycles. The van der Waals surface area contributed by atoms with Crippen molar-refractivity contribution in [3.05, 3.63) is 53.5 Å². The summed E-state index contributed by atoms with van der Waals surface area (Å²) in [4.78, 5) is 22.9. The Morgan fingerprint density at radius 1 is 1.17 bits per heavy atom. The van der Waals surface area contributed by atoms with Crippen molar-refractivity contribution < 1.29 is 4.79 Å². The maximum absolute atomic E-state index is 12.3. The molecule has 0 saturated carbocycles. The molecule has 23 heavy (non-hydrogen) atoms. The molecule has 1 amide bonds. The first-order valence-corrected chi connectivity index (χ1v) is 7.61. The van der Waals surface area contributed by atoms with Crippen molar-refractivity contribution in [3.8, 4) is 0 Å². The zero-order chi connectivity index (χ0) is 16.7. The van der Waals surface area contributed by atoms with E-state index in [1.165, 1.54) is 0 Å². The van der Waals surface area contributed by atoms with E-state index in [1.54, 1.807) is 13.0 Å². The molecule has 6 nitrogen and oxygen atoms in total. The van der Waals surface area contributed by atoms with E-state index in [4.69, 9.17) is 0 Å². The van der Waals surface area contributed by atoms with E-state index >= 15 is 0 Å². The maximum atomic E-state index is 12.3. The van der Waals surface area contributed by atoms with Crippen molar-refractivity contribution in [2.45, 2.75) is 13.5 Å². The van der Waals surface area contributed by atoms with Crippen LogP contribution in [-0.2, 0) is 6.54 Å². The molecule has 6 heteroatoms. The molecule has 1 aromatic carbocycles. The SMILES string of the molecule is Cc1nc(NCCN(C)C)cc(C(=O)NCc2ccccc2)n1. The van der Waals surface area contributed by atoms with Crippen LogP contribution in [0, 0.1) is 6.92 Å². The molecule has 122 valence electrons. The molecule has 2 N–H and O–H groups in total. The molecule has 1 heterocycles. The molecule has 1 aromatic heterocycles. The highest BCUT2D eigenvalue weighted by Gasteiger charge is 2.10. The van der Waals surface area contributed by atoms with Gasteiger partial charge in [0.25, 0.3) is 5.91 Å². The average Bonchev–Trinajstić information content (AvgIpc) is 2.52. The Labute approximate surface area is 137 Å². The van der Waals surface area contributed by atoms with Crippen LogP contribution in [0.15, 0.2) is 36.4 Å². The second-order valence-corrected chi connectivity index (χ2v) is 5.58. The molecule has 0 unspecified atom stereocenters. The Bertz CT molecular complexity index is 643. The lowest BCUT2D eigenvalue weighted by Gasteiger charge is -2.12. The molecule has 0 bridgehead atoms. The number of carbonyl (C=O) groups is 1. The summed E-state index contributed by atoms with van der Waals surface area (Å²) in [5.74, 6) is 1.05. The Kier molecular flexibility index (Phi) is 6.05. The molecule has 0 atom stereocenters. The molecule has 0 spiro atoms. The van der Waals surface area contributed by atoms with E-state index in [9.17, 15) is 4.79 Å². The Balaban J connectivity index is 1.97. The second kappa shape index (κ2) is 8.24. The number of benzene rings is 1. The highest BCUT2D eigenvalue weighted by atomic mass is 16.1. The van der Waals surface area contributed by atoms with Gasteiger partial charge in [0.2, 0.25) is 0 Å². The van der Waals surface area contributed by atoms with Gasteiger partial charge in [0.1, 0.15) is 17.3 Å². The van der Waals surface area contributed by atoms with E-state index in [1.807, 2.05) is 44.4 Å². The number of aryl methyl sites for hydroxylation is 1. The molecule has 0 aliphatic rings. The minimum absolute atomic E-state index is 0.199. The monoisotopic (exact) mass is 313 g/mol. The minimum atomic E-state index is -0.199. The Morgan fingerprint density at radius 2 is 1.91 bits per heavy atom. The fraction of sp³-hybridized carbons (Fsp3) is 0.353. The molecule has 0 fully saturated rings. The van der Waals surface area contributed by atoms with E-state index in [-0.39, 0.29) is 5.91 Å². The number of rotatable bonds is 7. The van der Waals surface area contributed by atoms with E-state index in [0.717, 1.165) is 18.7 Å². The van der Waals surface area contributed by atoms with Crippen LogP contribution in [0.2, 0.25) is 0 Å². The number of amides is 1. The van der Waals surface area contributed by atoms with Crippen LogP contribution in [0.1, 0.15) is 21.9 Å². The van der Waals surface area contributed by atoms with Gasteiger partial charge in [-0.15, -0.1) is 0 Å². The number of anilines is 1. The van der Waals surface area contributed by atoms with Gasteiger partial charge in [-0.05, 0) is 26.6 Å². The summed E-state index contributed by atoms with van der Waals surface area (Å²) in [6.07, 6.45) is 0. The smallest absolute Gasteiger partial charge is 0.270 e. The molecule has 2 aromatic rings. The summed E-state index contributed by atoms with van der Waals surface area (Å²) in [5.41, 5.74) is 1.43. The van der Waals surface area contributed by atoms with Crippen LogP contribution in [0.4, 0.5) is 5.82 Å². The van der Waals surface area contributed by atoms with Crippen LogP contribution >= 0.6 is 0 Å². The third kappa shape index (κ3) is 5.67. The van der Waals surface area contributed by atoms with E-state index < -0.39 is 0 Å². The summed E-state index contributed by atoms with van der Waals surface area (Å²) in [6, 6.07) is 11.5. The van der Waals surface area contributed by atoms with Crippen LogP contribution in [0.3, 0.4) is 0 Å². The van der Waals surface area contributed by atoms with Gasteiger partial charge in [-0.2, -0.15) is 0 Å². The zero-order valence-electron chi connectivity index (χ0n) is 13.8. The predicted octanol–water partition coefficient (Wildman–Crippen LogP) is 1.69. The third-order valence-electron chi connectivity index (χ3n) is 3.23. The molecular formula is C17H23N5O. The largest absolute Gasteiger partial charge is 0.369 e. The van der Waals surface area contributed by atoms with Gasteiger partial charge < -0.3 is 15.5 Å². The number of hydrogen-bond donors (Lipinski definition) is 2. The van der Waals surface area contributed by atoms with E-state index in [2.05, 4.69) is 25.5 Å². The third-order valence-corrected chi connectivity index (χ3v) is 3.23. The summed E-state index contributed by atoms with van der Waals surface area (Å²) in [5, 5.41) is 6.09. The second-order valence-electron chi connectivity index (χ2n) is 5.58. The quantitative estimate of drug-likeness (QED) is 0.814. The number of hydrogen-bond acceptors (Lipinski definition) is 5. The lowest BCUT2D eigenvalue weighted by molar-refractivity contribution is 0.0945. The summed E-state index contributed by atoms with van der Waals surface area (Å²) >= 11 is 0. The first-order valence-electron chi connectivity index (χ1n) is 7.61. The molecule has 0 aliphatic heterocycles. The minimum Gasteiger partial charge on any atom is -0.369 e. The first kappa shape index (κ1) is 16.9. The van der Waals surface area contributed by atoms with Gasteiger partial charge in [-0.1, -0.05) is 30.3 Å². The van der Waals surface area contributed by atoms with Crippen LogP contribution < -0.4 is 10.6 Å². The number of nitrogens with zero attached hydrogens (tertiary/aromatic N) is 3. The molecule has 2 rings (SSSR count). The van der Waals surface area contributed by atoms with Crippen molar-refractivity contribution in [3.63, 3.8) is 0 Å². The fourth-order valence-electron chi connectivity index (χ4n) is 2.05. The number of nitrogens with one attached hydrogen (secondary N) is 2. The van der Waals surface area contributed by atoms with Crippen molar-refractivity contribution in [2.24, 2.45) is 0 Å². The molecule has 0 aliphatic carbocycles. The van der Waals surface area contributed by atoms with Crippen molar-refractivity contribution in [1.29, 1.82) is 0 Å². The number of carbonyl (C=O) groups excluding carboxylic acids is 1. The van der Waals surface area contributed by atoms with Crippen molar-refractivity contribution >= 4 is 11.7 Å². The molecule has 0 radical (unpaired) electrons. The fourth-order valence-corrected chi connectivity index (χ4v) is 2.05. The summed E-state index contributed by atoms with van der Waals surface area (Å²) in [7, 11) is 4.02. The van der Waals surface area contributed by atoms with Gasteiger partial charge in [-0.25, -0.2) is 9.97 Å². The summed E-state index contributed by atoms with van der Waals surface area (Å²) in [6.45, 7) is 3.91. The van der Waals surface area contributed by atoms with Gasteiger partial charge in [0.05, 0.1) is 0 Å². The van der Waals surface area contributed by atoms with Crippen molar-refractivity contribution in [1.82, 2.24) is 20.2 Å². The highest BCUT2D eigenvalue weighted by molar-refractivity contribution is 5.92. The maximum Gasteiger partial charge on any atom is 0.270 e. The lowest BCUT2D eigenvalue weighted by Crippen LogP contribution is -2.25. The van der Waals surface area contributed by atoms with Gasteiger partial charge in [-0.3, -0.25) is 4.79 Å². The van der Waals surface area contributed by atoms with Gasteiger partial charge in [0, 0.05) is 25.7 Å². The average molecular weight is 313 g/mol. The van der Waals surface area contributed by atoms with E-state index in [0.29, 0.717) is 23.9 Å². The first-order chi connectivity index (χ1) is 11.0.